The Kier molecular flexibility index (Phi) is 4.61. The molecule has 2 N–H and O–H groups in total. The zero-order valence-corrected chi connectivity index (χ0v) is 13.6. The summed E-state index contributed by atoms with van der Waals surface area (Å²) in [5, 5.41) is 11.0. The zero-order chi connectivity index (χ0) is 17.1. The molecule has 0 fully saturated rings. The van der Waals surface area contributed by atoms with Crippen LogP contribution in [0.3, 0.4) is 0 Å². The number of H-pyrrole nitrogens is 1. The topological polar surface area (TPSA) is 92.2 Å². The third-order valence-corrected chi connectivity index (χ3v) is 4.19. The van der Waals surface area contributed by atoms with Crippen molar-refractivity contribution >= 4 is 29.1 Å². The number of anilines is 1. The van der Waals surface area contributed by atoms with Gasteiger partial charge in [-0.15, -0.1) is 10.2 Å². The van der Waals surface area contributed by atoms with Gasteiger partial charge in [0.1, 0.15) is 5.82 Å². The van der Waals surface area contributed by atoms with Crippen LogP contribution >= 0.6 is 11.8 Å². The van der Waals surface area contributed by atoms with Crippen LogP contribution in [0, 0.1) is 5.82 Å². The lowest BCUT2D eigenvalue weighted by Crippen LogP contribution is -2.15. The first-order valence-corrected chi connectivity index (χ1v) is 8.21. The molecule has 24 heavy (non-hydrogen) atoms. The predicted octanol–water partition coefficient (Wildman–Crippen LogP) is 1.85. The van der Waals surface area contributed by atoms with Gasteiger partial charge in [-0.05, 0) is 24.6 Å². The Balaban J connectivity index is 1.74. The van der Waals surface area contributed by atoms with E-state index < -0.39 is 5.82 Å². The molecule has 0 saturated carbocycles. The van der Waals surface area contributed by atoms with Crippen LogP contribution in [0.25, 0.3) is 5.78 Å². The van der Waals surface area contributed by atoms with E-state index in [0.29, 0.717) is 23.0 Å². The van der Waals surface area contributed by atoms with Crippen molar-refractivity contribution in [1.29, 1.82) is 0 Å². The van der Waals surface area contributed by atoms with Crippen LogP contribution in [-0.4, -0.2) is 31.2 Å². The highest BCUT2D eigenvalue weighted by Crippen LogP contribution is 2.18. The van der Waals surface area contributed by atoms with Gasteiger partial charge in [0.25, 0.3) is 5.56 Å². The lowest BCUT2D eigenvalue weighted by Gasteiger charge is -2.06. The Morgan fingerprint density at radius 3 is 2.96 bits per heavy atom. The molecule has 0 spiro atoms. The molecule has 9 heteroatoms. The van der Waals surface area contributed by atoms with E-state index >= 15 is 0 Å². The molecular weight excluding hydrogens is 333 g/mol. The number of aromatic amines is 1. The number of fused-ring (bicyclic) bond motifs is 1. The van der Waals surface area contributed by atoms with Gasteiger partial charge in [0, 0.05) is 17.4 Å². The van der Waals surface area contributed by atoms with Crippen molar-refractivity contribution in [2.45, 2.75) is 18.5 Å². The van der Waals surface area contributed by atoms with Crippen molar-refractivity contribution in [2.75, 3.05) is 11.1 Å². The van der Waals surface area contributed by atoms with Gasteiger partial charge in [0.05, 0.1) is 5.75 Å². The first-order valence-electron chi connectivity index (χ1n) is 7.22. The monoisotopic (exact) mass is 347 g/mol. The highest BCUT2D eigenvalue weighted by atomic mass is 32.2. The number of rotatable bonds is 5. The lowest BCUT2D eigenvalue weighted by atomic mass is 10.3. The number of aryl methyl sites for hydroxylation is 1. The van der Waals surface area contributed by atoms with Gasteiger partial charge in [-0.25, -0.2) is 4.39 Å². The number of benzene rings is 1. The Bertz CT molecular complexity index is 952. The van der Waals surface area contributed by atoms with E-state index in [-0.39, 0.29) is 17.2 Å². The summed E-state index contributed by atoms with van der Waals surface area (Å²) in [6.45, 7) is 1.92. The second-order valence-electron chi connectivity index (χ2n) is 4.97. The summed E-state index contributed by atoms with van der Waals surface area (Å²) in [4.78, 5) is 26.1. The maximum Gasteiger partial charge on any atom is 0.252 e. The maximum absolute atomic E-state index is 13.1. The van der Waals surface area contributed by atoms with E-state index in [0.717, 1.165) is 5.69 Å². The standard InChI is InChI=1S/C15H14FN5O2S/c1-2-11-7-12(22)18-14-19-20-15(21(11)14)24-8-13(23)17-10-5-3-4-9(16)6-10/h3-7H,2,8H2,1H3,(H,17,23)(H,18,19,22). The molecule has 0 radical (unpaired) electrons. The molecule has 0 bridgehead atoms. The molecule has 0 aliphatic rings. The van der Waals surface area contributed by atoms with Crippen molar-refractivity contribution in [2.24, 2.45) is 0 Å². The number of hydrogen-bond donors (Lipinski definition) is 2. The highest BCUT2D eigenvalue weighted by Gasteiger charge is 2.13. The van der Waals surface area contributed by atoms with Crippen molar-refractivity contribution in [1.82, 2.24) is 19.6 Å². The molecule has 3 rings (SSSR count). The summed E-state index contributed by atoms with van der Waals surface area (Å²) in [5.41, 5.74) is 0.907. The highest BCUT2D eigenvalue weighted by molar-refractivity contribution is 7.99. The van der Waals surface area contributed by atoms with Gasteiger partial charge in [-0.3, -0.25) is 19.0 Å². The average Bonchev–Trinajstić information content (AvgIpc) is 2.95. The molecule has 1 aromatic carbocycles. The minimum absolute atomic E-state index is 0.0829. The Labute approximate surface area is 140 Å². The summed E-state index contributed by atoms with van der Waals surface area (Å²) < 4.78 is 14.8. The minimum Gasteiger partial charge on any atom is -0.325 e. The minimum atomic E-state index is -0.416. The van der Waals surface area contributed by atoms with Gasteiger partial charge in [0.15, 0.2) is 5.16 Å². The Hall–Kier alpha value is -2.68. The summed E-state index contributed by atoms with van der Waals surface area (Å²) in [5.74, 6) is -0.280. The van der Waals surface area contributed by atoms with Crippen LogP contribution in [0.1, 0.15) is 12.6 Å². The van der Waals surface area contributed by atoms with E-state index in [2.05, 4.69) is 20.5 Å². The quantitative estimate of drug-likeness (QED) is 0.687. The van der Waals surface area contributed by atoms with Crippen molar-refractivity contribution < 1.29 is 9.18 Å². The molecule has 124 valence electrons. The lowest BCUT2D eigenvalue weighted by molar-refractivity contribution is -0.113. The Morgan fingerprint density at radius 2 is 2.21 bits per heavy atom. The smallest absolute Gasteiger partial charge is 0.252 e. The SMILES string of the molecule is CCc1cc(=O)[nH]c2nnc(SCC(=O)Nc3cccc(F)c3)n12. The number of aromatic nitrogens is 4. The number of thioether (sulfide) groups is 1. The molecule has 0 aliphatic heterocycles. The number of halogens is 1. The fraction of sp³-hybridized carbons (Fsp3) is 0.200. The molecule has 2 aromatic heterocycles. The van der Waals surface area contributed by atoms with Crippen LogP contribution < -0.4 is 10.9 Å². The number of nitrogens with one attached hydrogen (secondary N) is 2. The van der Waals surface area contributed by atoms with Gasteiger partial charge in [-0.1, -0.05) is 24.8 Å². The molecule has 7 nitrogen and oxygen atoms in total. The van der Waals surface area contributed by atoms with Gasteiger partial charge < -0.3 is 5.32 Å². The molecule has 0 unspecified atom stereocenters. The van der Waals surface area contributed by atoms with Crippen molar-refractivity contribution in [3.63, 3.8) is 0 Å². The molecule has 0 aliphatic carbocycles. The number of nitrogens with zero attached hydrogens (tertiary/aromatic N) is 3. The summed E-state index contributed by atoms with van der Waals surface area (Å²) in [6.07, 6.45) is 0.626. The largest absolute Gasteiger partial charge is 0.325 e. The van der Waals surface area contributed by atoms with Crippen molar-refractivity contribution in [3.8, 4) is 0 Å². The average molecular weight is 347 g/mol. The third-order valence-electron chi connectivity index (χ3n) is 3.26. The third kappa shape index (κ3) is 3.46. The fourth-order valence-electron chi connectivity index (χ4n) is 2.22. The fourth-order valence-corrected chi connectivity index (χ4v) is 2.98. The number of hydrogen-bond acceptors (Lipinski definition) is 5. The molecule has 2 heterocycles. The van der Waals surface area contributed by atoms with E-state index in [4.69, 9.17) is 0 Å². The van der Waals surface area contributed by atoms with E-state index in [1.807, 2.05) is 6.92 Å². The number of amides is 1. The molecular formula is C15H14FN5O2S. The zero-order valence-electron chi connectivity index (χ0n) is 12.7. The number of carbonyl (C=O) groups excluding carboxylic acids is 1. The van der Waals surface area contributed by atoms with E-state index in [1.165, 1.54) is 36.0 Å². The van der Waals surface area contributed by atoms with E-state index in [9.17, 15) is 14.0 Å². The van der Waals surface area contributed by atoms with Crippen molar-refractivity contribution in [3.05, 3.63) is 52.2 Å². The van der Waals surface area contributed by atoms with Gasteiger partial charge in [0.2, 0.25) is 11.7 Å². The van der Waals surface area contributed by atoms with Gasteiger partial charge in [-0.2, -0.15) is 0 Å². The molecule has 1 amide bonds. The summed E-state index contributed by atoms with van der Waals surface area (Å²) in [7, 11) is 0. The van der Waals surface area contributed by atoms with Crippen LogP contribution in [0.15, 0.2) is 40.3 Å². The first-order chi connectivity index (χ1) is 11.6. The van der Waals surface area contributed by atoms with Crippen LogP contribution in [-0.2, 0) is 11.2 Å². The molecule has 3 aromatic rings. The predicted molar refractivity (Wildman–Crippen MR) is 88.7 cm³/mol. The summed E-state index contributed by atoms with van der Waals surface area (Å²) >= 11 is 1.19. The van der Waals surface area contributed by atoms with Crippen LogP contribution in [0.2, 0.25) is 0 Å². The Morgan fingerprint density at radius 1 is 1.38 bits per heavy atom. The van der Waals surface area contributed by atoms with Crippen LogP contribution in [0.5, 0.6) is 0 Å². The molecule has 0 saturated heterocycles. The second kappa shape index (κ2) is 6.83. The van der Waals surface area contributed by atoms with E-state index in [1.54, 1.807) is 10.5 Å². The van der Waals surface area contributed by atoms with Gasteiger partial charge >= 0.3 is 0 Å². The maximum atomic E-state index is 13.1. The normalized spacial score (nSPS) is 10.9. The second-order valence-corrected chi connectivity index (χ2v) is 5.91. The summed E-state index contributed by atoms with van der Waals surface area (Å²) in [6, 6.07) is 7.16. The van der Waals surface area contributed by atoms with Crippen LogP contribution in [0.4, 0.5) is 10.1 Å². The molecule has 0 atom stereocenters. The number of carbonyl (C=O) groups is 1. The first kappa shape index (κ1) is 16.2.